The maximum Gasteiger partial charge on any atom is 0.253 e. The molecular formula is C19H24N2O3S. The molecule has 1 N–H and O–H groups in total. The Kier molecular flexibility index (Phi) is 6.33. The summed E-state index contributed by atoms with van der Waals surface area (Å²) in [5.74, 6) is -0.0958. The predicted octanol–water partition coefficient (Wildman–Crippen LogP) is 2.96. The molecule has 0 heterocycles. The molecule has 0 spiro atoms. The fraction of sp³-hybridized carbons (Fsp3) is 0.316. The number of nitrogens with one attached hydrogen (secondary N) is 1. The van der Waals surface area contributed by atoms with Crippen LogP contribution in [0.2, 0.25) is 0 Å². The average Bonchev–Trinajstić information content (AvgIpc) is 2.62. The highest BCUT2D eigenvalue weighted by atomic mass is 32.2. The van der Waals surface area contributed by atoms with E-state index in [2.05, 4.69) is 4.72 Å². The van der Waals surface area contributed by atoms with Crippen LogP contribution < -0.4 is 4.72 Å². The van der Waals surface area contributed by atoms with Crippen LogP contribution in [0.5, 0.6) is 0 Å². The van der Waals surface area contributed by atoms with Gasteiger partial charge in [-0.2, -0.15) is 0 Å². The number of hydrogen-bond acceptors (Lipinski definition) is 3. The van der Waals surface area contributed by atoms with Crippen LogP contribution in [0.1, 0.15) is 35.3 Å². The van der Waals surface area contributed by atoms with Crippen LogP contribution in [0.3, 0.4) is 0 Å². The van der Waals surface area contributed by atoms with Crippen molar-refractivity contribution in [1.82, 2.24) is 9.62 Å². The van der Waals surface area contributed by atoms with E-state index in [4.69, 9.17) is 0 Å². The Labute approximate surface area is 149 Å². The van der Waals surface area contributed by atoms with Crippen LogP contribution in [0.25, 0.3) is 0 Å². The van der Waals surface area contributed by atoms with Gasteiger partial charge in [-0.15, -0.1) is 0 Å². The summed E-state index contributed by atoms with van der Waals surface area (Å²) in [4.78, 5) is 14.1. The summed E-state index contributed by atoms with van der Waals surface area (Å²) in [6.45, 7) is 7.27. The van der Waals surface area contributed by atoms with Crippen LogP contribution in [0, 0.1) is 6.92 Å². The van der Waals surface area contributed by atoms with Gasteiger partial charge in [0.2, 0.25) is 10.0 Å². The van der Waals surface area contributed by atoms with E-state index in [0.29, 0.717) is 18.7 Å². The van der Waals surface area contributed by atoms with E-state index in [1.54, 1.807) is 17.0 Å². The number of hydrogen-bond donors (Lipinski definition) is 1. The largest absolute Gasteiger partial charge is 0.339 e. The summed E-state index contributed by atoms with van der Waals surface area (Å²) >= 11 is 0. The van der Waals surface area contributed by atoms with Crippen molar-refractivity contribution >= 4 is 15.9 Å². The zero-order chi connectivity index (χ0) is 18.4. The van der Waals surface area contributed by atoms with Gasteiger partial charge in [-0.3, -0.25) is 4.79 Å². The third-order valence-electron chi connectivity index (χ3n) is 4.05. The molecule has 0 aromatic heterocycles. The van der Waals surface area contributed by atoms with Crippen LogP contribution in [-0.2, 0) is 16.6 Å². The van der Waals surface area contributed by atoms with Crippen molar-refractivity contribution in [3.05, 3.63) is 65.2 Å². The quantitative estimate of drug-likeness (QED) is 0.825. The van der Waals surface area contributed by atoms with Gasteiger partial charge in [0.15, 0.2) is 0 Å². The molecule has 0 aliphatic heterocycles. The van der Waals surface area contributed by atoms with E-state index in [9.17, 15) is 13.2 Å². The Hall–Kier alpha value is -2.18. The predicted molar refractivity (Wildman–Crippen MR) is 98.9 cm³/mol. The standard InChI is InChI=1S/C19H24N2O3S/c1-4-21(5-2)19(22)17-10-12-18(13-11-17)25(23,24)20-14-16-8-6-15(3)7-9-16/h6-13,20H,4-5,14H2,1-3H3. The number of carbonyl (C=O) groups excluding carboxylic acids is 1. The molecule has 0 bridgehead atoms. The molecule has 0 saturated heterocycles. The van der Waals surface area contributed by atoms with Crippen molar-refractivity contribution in [2.45, 2.75) is 32.2 Å². The van der Waals surface area contributed by atoms with E-state index in [-0.39, 0.29) is 17.3 Å². The third-order valence-corrected chi connectivity index (χ3v) is 5.47. The molecule has 0 aliphatic carbocycles. The Morgan fingerprint density at radius 3 is 2.04 bits per heavy atom. The van der Waals surface area contributed by atoms with Crippen molar-refractivity contribution in [3.8, 4) is 0 Å². The normalized spacial score (nSPS) is 11.3. The Balaban J connectivity index is 2.09. The summed E-state index contributed by atoms with van der Waals surface area (Å²) in [7, 11) is -3.62. The molecule has 134 valence electrons. The number of nitrogens with zero attached hydrogens (tertiary/aromatic N) is 1. The molecule has 1 amide bonds. The summed E-state index contributed by atoms with van der Waals surface area (Å²) in [5.41, 5.74) is 2.50. The van der Waals surface area contributed by atoms with Crippen LogP contribution in [0.15, 0.2) is 53.4 Å². The number of aryl methyl sites for hydroxylation is 1. The number of benzene rings is 2. The van der Waals surface area contributed by atoms with Crippen molar-refractivity contribution in [2.75, 3.05) is 13.1 Å². The minimum absolute atomic E-state index is 0.0958. The Bertz CT molecular complexity index is 809. The maximum atomic E-state index is 12.4. The lowest BCUT2D eigenvalue weighted by Crippen LogP contribution is -2.30. The van der Waals surface area contributed by atoms with Gasteiger partial charge in [-0.05, 0) is 50.6 Å². The second-order valence-electron chi connectivity index (χ2n) is 5.81. The summed E-state index contributed by atoms with van der Waals surface area (Å²) in [6.07, 6.45) is 0. The second-order valence-corrected chi connectivity index (χ2v) is 7.58. The molecule has 2 aromatic rings. The molecular weight excluding hydrogens is 336 g/mol. The first-order chi connectivity index (χ1) is 11.9. The molecule has 0 aliphatic rings. The average molecular weight is 360 g/mol. The van der Waals surface area contributed by atoms with E-state index < -0.39 is 10.0 Å². The molecule has 0 unspecified atom stereocenters. The molecule has 6 heteroatoms. The smallest absolute Gasteiger partial charge is 0.253 e. The molecule has 5 nitrogen and oxygen atoms in total. The first-order valence-electron chi connectivity index (χ1n) is 8.32. The van der Waals surface area contributed by atoms with Gasteiger partial charge < -0.3 is 4.90 Å². The lowest BCUT2D eigenvalue weighted by Gasteiger charge is -2.18. The summed E-state index contributed by atoms with van der Waals surface area (Å²) in [5, 5.41) is 0. The van der Waals surface area contributed by atoms with E-state index >= 15 is 0 Å². The highest BCUT2D eigenvalue weighted by Gasteiger charge is 2.16. The Morgan fingerprint density at radius 2 is 1.52 bits per heavy atom. The minimum atomic E-state index is -3.62. The molecule has 2 aromatic carbocycles. The third kappa shape index (κ3) is 4.90. The van der Waals surface area contributed by atoms with Crippen molar-refractivity contribution in [1.29, 1.82) is 0 Å². The zero-order valence-electron chi connectivity index (χ0n) is 14.8. The zero-order valence-corrected chi connectivity index (χ0v) is 15.6. The fourth-order valence-corrected chi connectivity index (χ4v) is 3.46. The van der Waals surface area contributed by atoms with Crippen molar-refractivity contribution in [3.63, 3.8) is 0 Å². The van der Waals surface area contributed by atoms with Gasteiger partial charge in [0.25, 0.3) is 5.91 Å². The first kappa shape index (κ1) is 19.1. The molecule has 0 fully saturated rings. The monoisotopic (exact) mass is 360 g/mol. The number of amides is 1. The van der Waals surface area contributed by atoms with Crippen LogP contribution in [0.4, 0.5) is 0 Å². The minimum Gasteiger partial charge on any atom is -0.339 e. The number of rotatable bonds is 7. The van der Waals surface area contributed by atoms with Gasteiger partial charge >= 0.3 is 0 Å². The van der Waals surface area contributed by atoms with Crippen molar-refractivity contribution < 1.29 is 13.2 Å². The lowest BCUT2D eigenvalue weighted by molar-refractivity contribution is 0.0773. The first-order valence-corrected chi connectivity index (χ1v) is 9.80. The Morgan fingerprint density at radius 1 is 0.960 bits per heavy atom. The van der Waals surface area contributed by atoms with E-state index in [1.807, 2.05) is 45.0 Å². The number of sulfonamides is 1. The van der Waals surface area contributed by atoms with Gasteiger partial charge in [0.05, 0.1) is 4.90 Å². The highest BCUT2D eigenvalue weighted by Crippen LogP contribution is 2.13. The van der Waals surface area contributed by atoms with Crippen molar-refractivity contribution in [2.24, 2.45) is 0 Å². The molecule has 25 heavy (non-hydrogen) atoms. The number of carbonyl (C=O) groups is 1. The molecule has 0 atom stereocenters. The van der Waals surface area contributed by atoms with Gasteiger partial charge in [0.1, 0.15) is 0 Å². The molecule has 0 saturated carbocycles. The molecule has 2 rings (SSSR count). The van der Waals surface area contributed by atoms with Crippen LogP contribution in [-0.4, -0.2) is 32.3 Å². The lowest BCUT2D eigenvalue weighted by atomic mass is 10.2. The van der Waals surface area contributed by atoms with Gasteiger partial charge in [-0.1, -0.05) is 29.8 Å². The fourth-order valence-electron chi connectivity index (χ4n) is 2.44. The van der Waals surface area contributed by atoms with Crippen LogP contribution >= 0.6 is 0 Å². The highest BCUT2D eigenvalue weighted by molar-refractivity contribution is 7.89. The second kappa shape index (κ2) is 8.27. The SMILES string of the molecule is CCN(CC)C(=O)c1ccc(S(=O)(=O)NCc2ccc(C)cc2)cc1. The summed E-state index contributed by atoms with van der Waals surface area (Å²) < 4.78 is 27.4. The maximum absolute atomic E-state index is 12.4. The van der Waals surface area contributed by atoms with E-state index in [0.717, 1.165) is 11.1 Å². The van der Waals surface area contributed by atoms with Gasteiger partial charge in [0, 0.05) is 25.2 Å². The topological polar surface area (TPSA) is 66.5 Å². The van der Waals surface area contributed by atoms with E-state index in [1.165, 1.54) is 12.1 Å². The summed E-state index contributed by atoms with van der Waals surface area (Å²) in [6, 6.07) is 13.7. The van der Waals surface area contributed by atoms with Gasteiger partial charge in [-0.25, -0.2) is 13.1 Å². The molecule has 0 radical (unpaired) electrons.